The molecule has 0 atom stereocenters. The Kier molecular flexibility index (Phi) is 3.60. The molecule has 1 N–H and O–H groups in total. The number of imidazole rings is 1. The molecule has 0 aromatic carbocycles. The van der Waals surface area contributed by atoms with Crippen molar-refractivity contribution in [2.75, 3.05) is 30.4 Å². The standard InChI is InChI=1S/C16H22N6S/c1-4-7-22(8-10-5-6-10)16-19-12-13-11(18-9-21(13)3)14(17-2)20-15(12)23-16/h9-10H,4-8H2,1-3H3,(H,17,20). The van der Waals surface area contributed by atoms with Crippen LogP contribution in [0.4, 0.5) is 10.9 Å². The van der Waals surface area contributed by atoms with Crippen LogP contribution in [0.1, 0.15) is 26.2 Å². The van der Waals surface area contributed by atoms with E-state index in [4.69, 9.17) is 9.97 Å². The normalized spacial score (nSPS) is 14.7. The molecule has 7 heteroatoms. The van der Waals surface area contributed by atoms with Gasteiger partial charge >= 0.3 is 0 Å². The third-order valence-electron chi connectivity index (χ3n) is 4.37. The van der Waals surface area contributed by atoms with Crippen LogP contribution in [0.25, 0.3) is 21.4 Å². The van der Waals surface area contributed by atoms with Crippen molar-refractivity contribution >= 4 is 43.7 Å². The van der Waals surface area contributed by atoms with Gasteiger partial charge in [0, 0.05) is 27.2 Å². The number of thiazole rings is 1. The Morgan fingerprint density at radius 2 is 2.17 bits per heavy atom. The highest BCUT2D eigenvalue weighted by molar-refractivity contribution is 7.22. The Labute approximate surface area is 139 Å². The molecule has 3 heterocycles. The first-order valence-corrected chi connectivity index (χ1v) is 9.07. The zero-order valence-electron chi connectivity index (χ0n) is 13.8. The number of hydrogen-bond donors (Lipinski definition) is 1. The van der Waals surface area contributed by atoms with Gasteiger partial charge in [-0.05, 0) is 25.2 Å². The number of aromatic nitrogens is 4. The molecular weight excluding hydrogens is 308 g/mol. The van der Waals surface area contributed by atoms with Gasteiger partial charge in [-0.15, -0.1) is 0 Å². The average Bonchev–Trinajstić information content (AvgIpc) is 3.13. The topological polar surface area (TPSA) is 58.9 Å². The lowest BCUT2D eigenvalue weighted by molar-refractivity contribution is 0.706. The molecular formula is C16H22N6S. The minimum absolute atomic E-state index is 0.826. The van der Waals surface area contributed by atoms with Gasteiger partial charge in [-0.2, -0.15) is 0 Å². The summed E-state index contributed by atoms with van der Waals surface area (Å²) in [6, 6.07) is 0. The molecule has 0 unspecified atom stereocenters. The van der Waals surface area contributed by atoms with Crippen LogP contribution in [0.5, 0.6) is 0 Å². The number of pyridine rings is 1. The fraction of sp³-hybridized carbons (Fsp3) is 0.562. The lowest BCUT2D eigenvalue weighted by Crippen LogP contribution is -2.26. The molecule has 0 amide bonds. The van der Waals surface area contributed by atoms with Gasteiger partial charge < -0.3 is 14.8 Å². The molecule has 23 heavy (non-hydrogen) atoms. The number of nitrogens with zero attached hydrogens (tertiary/aromatic N) is 5. The SMILES string of the molecule is CCCN(CC1CC1)c1nc2c(nc(NC)c3ncn(C)c32)s1. The van der Waals surface area contributed by atoms with E-state index in [1.165, 1.54) is 12.8 Å². The first-order valence-electron chi connectivity index (χ1n) is 8.25. The summed E-state index contributed by atoms with van der Waals surface area (Å²) in [5, 5.41) is 4.25. The van der Waals surface area contributed by atoms with Crippen LogP contribution in [0.15, 0.2) is 6.33 Å². The Morgan fingerprint density at radius 1 is 1.35 bits per heavy atom. The quantitative estimate of drug-likeness (QED) is 0.752. The zero-order valence-corrected chi connectivity index (χ0v) is 14.7. The van der Waals surface area contributed by atoms with Crippen LogP contribution >= 0.6 is 11.3 Å². The third-order valence-corrected chi connectivity index (χ3v) is 5.38. The summed E-state index contributed by atoms with van der Waals surface area (Å²) in [5.41, 5.74) is 2.92. The highest BCUT2D eigenvalue weighted by Crippen LogP contribution is 2.37. The molecule has 1 saturated carbocycles. The Morgan fingerprint density at radius 3 is 2.87 bits per heavy atom. The van der Waals surface area contributed by atoms with Crippen molar-refractivity contribution in [1.82, 2.24) is 19.5 Å². The Hall–Kier alpha value is -1.89. The fourth-order valence-electron chi connectivity index (χ4n) is 3.02. The molecule has 0 aliphatic heterocycles. The predicted molar refractivity (Wildman–Crippen MR) is 96.5 cm³/mol. The summed E-state index contributed by atoms with van der Waals surface area (Å²) in [4.78, 5) is 17.6. The molecule has 0 bridgehead atoms. The molecule has 122 valence electrons. The van der Waals surface area contributed by atoms with Gasteiger partial charge in [-0.25, -0.2) is 15.0 Å². The van der Waals surface area contributed by atoms with E-state index in [9.17, 15) is 0 Å². The van der Waals surface area contributed by atoms with Crippen LogP contribution < -0.4 is 10.2 Å². The molecule has 1 aliphatic carbocycles. The summed E-state index contributed by atoms with van der Waals surface area (Å²) in [7, 11) is 3.90. The zero-order chi connectivity index (χ0) is 16.0. The smallest absolute Gasteiger partial charge is 0.188 e. The van der Waals surface area contributed by atoms with E-state index >= 15 is 0 Å². The van der Waals surface area contributed by atoms with E-state index in [0.717, 1.165) is 57.8 Å². The minimum atomic E-state index is 0.826. The average molecular weight is 330 g/mol. The van der Waals surface area contributed by atoms with Crippen LogP contribution in [0, 0.1) is 5.92 Å². The summed E-state index contributed by atoms with van der Waals surface area (Å²) in [6.07, 6.45) is 5.69. The van der Waals surface area contributed by atoms with Gasteiger partial charge in [0.05, 0.1) is 6.33 Å². The molecule has 3 aromatic rings. The van der Waals surface area contributed by atoms with Gasteiger partial charge in [0.25, 0.3) is 0 Å². The fourth-order valence-corrected chi connectivity index (χ4v) is 4.01. The first kappa shape index (κ1) is 14.7. The summed E-state index contributed by atoms with van der Waals surface area (Å²) in [5.74, 6) is 1.68. The Bertz CT molecular complexity index is 847. The summed E-state index contributed by atoms with van der Waals surface area (Å²) >= 11 is 1.69. The van der Waals surface area contributed by atoms with Crippen molar-refractivity contribution in [2.24, 2.45) is 13.0 Å². The van der Waals surface area contributed by atoms with Crippen molar-refractivity contribution in [2.45, 2.75) is 26.2 Å². The highest BCUT2D eigenvalue weighted by atomic mass is 32.1. The first-order chi connectivity index (χ1) is 11.2. The van der Waals surface area contributed by atoms with Crippen LogP contribution in [0.2, 0.25) is 0 Å². The maximum absolute atomic E-state index is 4.94. The number of hydrogen-bond acceptors (Lipinski definition) is 6. The van der Waals surface area contributed by atoms with Crippen LogP contribution in [0.3, 0.4) is 0 Å². The van der Waals surface area contributed by atoms with Gasteiger partial charge in [-0.1, -0.05) is 18.3 Å². The monoisotopic (exact) mass is 330 g/mol. The number of fused-ring (bicyclic) bond motifs is 3. The molecule has 6 nitrogen and oxygen atoms in total. The third kappa shape index (κ3) is 2.52. The van der Waals surface area contributed by atoms with Crippen molar-refractivity contribution in [3.8, 4) is 0 Å². The Balaban J connectivity index is 1.85. The van der Waals surface area contributed by atoms with Crippen molar-refractivity contribution in [1.29, 1.82) is 0 Å². The largest absolute Gasteiger partial charge is 0.371 e. The second-order valence-corrected chi connectivity index (χ2v) is 7.26. The van der Waals surface area contributed by atoms with E-state index in [2.05, 4.69) is 22.1 Å². The number of aryl methyl sites for hydroxylation is 1. The molecule has 0 saturated heterocycles. The number of nitrogens with one attached hydrogen (secondary N) is 1. The molecule has 1 aliphatic rings. The van der Waals surface area contributed by atoms with E-state index in [1.807, 2.05) is 25.0 Å². The number of anilines is 2. The molecule has 4 rings (SSSR count). The highest BCUT2D eigenvalue weighted by Gasteiger charge is 2.26. The van der Waals surface area contributed by atoms with Crippen molar-refractivity contribution in [3.63, 3.8) is 0 Å². The van der Waals surface area contributed by atoms with E-state index < -0.39 is 0 Å². The van der Waals surface area contributed by atoms with Crippen molar-refractivity contribution < 1.29 is 0 Å². The summed E-state index contributed by atoms with van der Waals surface area (Å²) in [6.45, 7) is 4.41. The molecule has 3 aromatic heterocycles. The lowest BCUT2D eigenvalue weighted by atomic mass is 10.3. The second kappa shape index (κ2) is 5.63. The summed E-state index contributed by atoms with van der Waals surface area (Å²) < 4.78 is 2.04. The molecule has 0 spiro atoms. The van der Waals surface area contributed by atoms with E-state index in [1.54, 1.807) is 11.3 Å². The van der Waals surface area contributed by atoms with Crippen LogP contribution in [-0.4, -0.2) is 39.7 Å². The minimum Gasteiger partial charge on any atom is -0.371 e. The van der Waals surface area contributed by atoms with Crippen LogP contribution in [-0.2, 0) is 7.05 Å². The molecule has 0 radical (unpaired) electrons. The van der Waals surface area contributed by atoms with E-state index in [0.29, 0.717) is 0 Å². The maximum Gasteiger partial charge on any atom is 0.188 e. The van der Waals surface area contributed by atoms with Gasteiger partial charge in [0.2, 0.25) is 0 Å². The predicted octanol–water partition coefficient (Wildman–Crippen LogP) is 3.25. The molecule has 1 fully saturated rings. The van der Waals surface area contributed by atoms with Gasteiger partial charge in [0.15, 0.2) is 10.9 Å². The van der Waals surface area contributed by atoms with E-state index in [-0.39, 0.29) is 0 Å². The van der Waals surface area contributed by atoms with Crippen molar-refractivity contribution in [3.05, 3.63) is 6.33 Å². The lowest BCUT2D eigenvalue weighted by Gasteiger charge is -2.20. The number of rotatable bonds is 6. The van der Waals surface area contributed by atoms with Gasteiger partial charge in [0.1, 0.15) is 21.4 Å². The maximum atomic E-state index is 4.94. The second-order valence-electron chi connectivity index (χ2n) is 6.30. The van der Waals surface area contributed by atoms with Gasteiger partial charge in [-0.3, -0.25) is 0 Å².